The van der Waals surface area contributed by atoms with E-state index >= 15 is 0 Å². The van der Waals surface area contributed by atoms with Crippen LogP contribution in [-0.4, -0.2) is 17.4 Å². The van der Waals surface area contributed by atoms with E-state index in [2.05, 4.69) is 28.8 Å². The molecule has 1 aromatic carbocycles. The van der Waals surface area contributed by atoms with E-state index in [0.29, 0.717) is 19.3 Å². The molecule has 4 heteroatoms. The Morgan fingerprint density at radius 3 is 2.95 bits per heavy atom. The molecule has 0 radical (unpaired) electrons. The van der Waals surface area contributed by atoms with Crippen LogP contribution in [0.25, 0.3) is 0 Å². The number of benzene rings is 1. The Morgan fingerprint density at radius 1 is 1.36 bits per heavy atom. The number of hydrogen-bond acceptors (Lipinski definition) is 2. The minimum atomic E-state index is -0.209. The Hall–Kier alpha value is -1.84. The highest BCUT2D eigenvalue weighted by molar-refractivity contribution is 5.80. The summed E-state index contributed by atoms with van der Waals surface area (Å²) in [6.45, 7) is 2.03. The van der Waals surface area contributed by atoms with Gasteiger partial charge in [0.15, 0.2) is 0 Å². The first-order chi connectivity index (χ1) is 10.6. The van der Waals surface area contributed by atoms with Crippen LogP contribution in [0.4, 0.5) is 0 Å². The van der Waals surface area contributed by atoms with Gasteiger partial charge in [-0.1, -0.05) is 24.3 Å². The summed E-state index contributed by atoms with van der Waals surface area (Å²) in [5.41, 5.74) is 2.41. The zero-order valence-electron chi connectivity index (χ0n) is 13.2. The molecule has 0 aromatic heterocycles. The van der Waals surface area contributed by atoms with E-state index < -0.39 is 0 Å². The second-order valence-corrected chi connectivity index (χ2v) is 6.82. The maximum Gasteiger partial charge on any atom is 0.220 e. The van der Waals surface area contributed by atoms with Gasteiger partial charge in [0.2, 0.25) is 11.8 Å². The van der Waals surface area contributed by atoms with E-state index in [-0.39, 0.29) is 23.4 Å². The topological polar surface area (TPSA) is 58.2 Å². The lowest BCUT2D eigenvalue weighted by Crippen LogP contribution is -2.40. The van der Waals surface area contributed by atoms with Gasteiger partial charge in [-0.15, -0.1) is 0 Å². The number of carbonyl (C=O) groups is 2. The minimum absolute atomic E-state index is 0.0871. The van der Waals surface area contributed by atoms with Gasteiger partial charge in [0.25, 0.3) is 0 Å². The quantitative estimate of drug-likeness (QED) is 0.898. The molecular formula is C18H24N2O2. The van der Waals surface area contributed by atoms with Gasteiger partial charge in [0, 0.05) is 18.4 Å². The van der Waals surface area contributed by atoms with E-state index in [1.807, 2.05) is 13.0 Å². The van der Waals surface area contributed by atoms with Crippen molar-refractivity contribution in [1.29, 1.82) is 0 Å². The molecule has 0 unspecified atom stereocenters. The fourth-order valence-electron chi connectivity index (χ4n) is 3.60. The van der Waals surface area contributed by atoms with Gasteiger partial charge in [0.1, 0.15) is 0 Å². The Bertz CT molecular complexity index is 584. The van der Waals surface area contributed by atoms with Crippen molar-refractivity contribution in [2.24, 2.45) is 0 Å². The molecule has 118 valence electrons. The van der Waals surface area contributed by atoms with Crippen molar-refractivity contribution in [3.63, 3.8) is 0 Å². The van der Waals surface area contributed by atoms with E-state index in [4.69, 9.17) is 0 Å². The molecule has 2 aliphatic rings. The van der Waals surface area contributed by atoms with Crippen molar-refractivity contribution in [3.05, 3.63) is 35.4 Å². The van der Waals surface area contributed by atoms with Crippen LogP contribution in [-0.2, 0) is 16.0 Å². The summed E-state index contributed by atoms with van der Waals surface area (Å²) >= 11 is 0. The second-order valence-electron chi connectivity index (χ2n) is 6.82. The summed E-state index contributed by atoms with van der Waals surface area (Å²) in [6, 6.07) is 8.52. The summed E-state index contributed by atoms with van der Waals surface area (Å²) in [7, 11) is 0. The number of aryl methyl sites for hydroxylation is 1. The SMILES string of the molecule is C[C@]1(CCC(=O)N[C@H]2CCCc3ccccc32)CCC(=O)N1. The van der Waals surface area contributed by atoms with Gasteiger partial charge in [-0.25, -0.2) is 0 Å². The predicted octanol–water partition coefficient (Wildman–Crippen LogP) is 2.63. The maximum atomic E-state index is 12.3. The van der Waals surface area contributed by atoms with Crippen LogP contribution < -0.4 is 10.6 Å². The molecule has 3 rings (SSSR count). The van der Waals surface area contributed by atoms with Crippen LogP contribution in [0, 0.1) is 0 Å². The largest absolute Gasteiger partial charge is 0.351 e. The Morgan fingerprint density at radius 2 is 2.18 bits per heavy atom. The molecule has 2 amide bonds. The van der Waals surface area contributed by atoms with Crippen LogP contribution >= 0.6 is 0 Å². The molecule has 0 saturated carbocycles. The average Bonchev–Trinajstić information content (AvgIpc) is 2.86. The van der Waals surface area contributed by atoms with Crippen LogP contribution in [0.3, 0.4) is 0 Å². The molecule has 1 heterocycles. The zero-order valence-corrected chi connectivity index (χ0v) is 13.2. The molecule has 2 N–H and O–H groups in total. The van der Waals surface area contributed by atoms with E-state index in [1.165, 1.54) is 11.1 Å². The summed E-state index contributed by atoms with van der Waals surface area (Å²) in [4.78, 5) is 23.6. The number of carbonyl (C=O) groups excluding carboxylic acids is 2. The molecule has 0 bridgehead atoms. The molecule has 0 spiro atoms. The maximum absolute atomic E-state index is 12.3. The average molecular weight is 300 g/mol. The molecule has 1 saturated heterocycles. The van der Waals surface area contributed by atoms with Crippen LogP contribution in [0.2, 0.25) is 0 Å². The van der Waals surface area contributed by atoms with Crippen LogP contribution in [0.1, 0.15) is 62.6 Å². The second kappa shape index (κ2) is 6.11. The number of amides is 2. The first kappa shape index (κ1) is 15.1. The van der Waals surface area contributed by atoms with Gasteiger partial charge < -0.3 is 10.6 Å². The number of nitrogens with one attached hydrogen (secondary N) is 2. The van der Waals surface area contributed by atoms with Gasteiger partial charge in [0.05, 0.1) is 6.04 Å². The molecular weight excluding hydrogens is 276 g/mol. The lowest BCUT2D eigenvalue weighted by molar-refractivity contribution is -0.123. The number of hydrogen-bond donors (Lipinski definition) is 2. The summed E-state index contributed by atoms with van der Waals surface area (Å²) in [6.07, 6.45) is 5.81. The smallest absolute Gasteiger partial charge is 0.220 e. The van der Waals surface area contributed by atoms with E-state index in [1.54, 1.807) is 0 Å². The predicted molar refractivity (Wildman–Crippen MR) is 85.3 cm³/mol. The third-order valence-corrected chi connectivity index (χ3v) is 4.95. The molecule has 4 nitrogen and oxygen atoms in total. The van der Waals surface area contributed by atoms with Crippen molar-refractivity contribution in [1.82, 2.24) is 10.6 Å². The van der Waals surface area contributed by atoms with Crippen molar-refractivity contribution >= 4 is 11.8 Å². The highest BCUT2D eigenvalue weighted by Gasteiger charge is 2.33. The molecule has 1 fully saturated rings. The van der Waals surface area contributed by atoms with Crippen molar-refractivity contribution in [2.75, 3.05) is 0 Å². The lowest BCUT2D eigenvalue weighted by atomic mass is 9.87. The highest BCUT2D eigenvalue weighted by Crippen LogP contribution is 2.30. The molecule has 1 aliphatic heterocycles. The third-order valence-electron chi connectivity index (χ3n) is 4.95. The monoisotopic (exact) mass is 300 g/mol. The van der Waals surface area contributed by atoms with Gasteiger partial charge in [-0.05, 0) is 50.2 Å². The Balaban J connectivity index is 1.56. The van der Waals surface area contributed by atoms with E-state index in [9.17, 15) is 9.59 Å². The molecule has 22 heavy (non-hydrogen) atoms. The Kier molecular flexibility index (Phi) is 4.19. The summed E-state index contributed by atoms with van der Waals surface area (Å²) < 4.78 is 0. The number of fused-ring (bicyclic) bond motifs is 1. The lowest BCUT2D eigenvalue weighted by Gasteiger charge is -2.27. The molecule has 1 aromatic rings. The first-order valence-corrected chi connectivity index (χ1v) is 8.24. The van der Waals surface area contributed by atoms with Crippen LogP contribution in [0.5, 0.6) is 0 Å². The minimum Gasteiger partial charge on any atom is -0.351 e. The summed E-state index contributed by atoms with van der Waals surface area (Å²) in [5.74, 6) is 0.188. The van der Waals surface area contributed by atoms with Gasteiger partial charge >= 0.3 is 0 Å². The normalized spacial score (nSPS) is 27.1. The third kappa shape index (κ3) is 3.32. The van der Waals surface area contributed by atoms with Crippen molar-refractivity contribution < 1.29 is 9.59 Å². The van der Waals surface area contributed by atoms with Crippen LogP contribution in [0.15, 0.2) is 24.3 Å². The molecule has 1 aliphatic carbocycles. The number of rotatable bonds is 4. The standard InChI is InChI=1S/C18H24N2O2/c1-18(12-10-17(22)20-18)11-9-16(21)19-15-8-4-6-13-5-2-3-7-14(13)15/h2-3,5,7,15H,4,6,8-12H2,1H3,(H,19,21)(H,20,22)/t15-,18-/m0/s1. The highest BCUT2D eigenvalue weighted by atomic mass is 16.2. The van der Waals surface area contributed by atoms with Gasteiger partial charge in [-0.3, -0.25) is 9.59 Å². The Labute approximate surface area is 131 Å². The van der Waals surface area contributed by atoms with Crippen molar-refractivity contribution in [3.8, 4) is 0 Å². The fourth-order valence-corrected chi connectivity index (χ4v) is 3.60. The van der Waals surface area contributed by atoms with E-state index in [0.717, 1.165) is 25.7 Å². The van der Waals surface area contributed by atoms with Crippen molar-refractivity contribution in [2.45, 2.75) is 63.5 Å². The molecule has 2 atom stereocenters. The first-order valence-electron chi connectivity index (χ1n) is 8.24. The summed E-state index contributed by atoms with van der Waals surface area (Å²) in [5, 5.41) is 6.16. The fraction of sp³-hybridized carbons (Fsp3) is 0.556. The van der Waals surface area contributed by atoms with Gasteiger partial charge in [-0.2, -0.15) is 0 Å². The zero-order chi connectivity index (χ0) is 15.6.